The normalized spacial score (nSPS) is 18.5. The van der Waals surface area contributed by atoms with E-state index < -0.39 is 41.4 Å². The lowest BCUT2D eigenvalue weighted by molar-refractivity contribution is -0.140. The SMILES string of the molecule is CC(C)COC(=O)N(C)[C@@H](C)C(=O)N[C@H](C(=O)N1CCC[C@H]1c1cncc(-c2ccc(F)c(C(=O)O)c2)c1)C1CCCCC1. The van der Waals surface area contributed by atoms with Crippen LogP contribution in [0.4, 0.5) is 9.18 Å². The van der Waals surface area contributed by atoms with E-state index in [0.717, 1.165) is 50.2 Å². The number of hydrogen-bond donors (Lipinski definition) is 2. The molecule has 1 aromatic heterocycles. The summed E-state index contributed by atoms with van der Waals surface area (Å²) in [5.74, 6) is -2.61. The fraction of sp³-hybridized carbons (Fsp3) is 0.545. The van der Waals surface area contributed by atoms with Crippen LogP contribution in [0.15, 0.2) is 36.7 Å². The third-order valence-corrected chi connectivity index (χ3v) is 8.68. The summed E-state index contributed by atoms with van der Waals surface area (Å²) in [7, 11) is 1.52. The first-order valence-corrected chi connectivity index (χ1v) is 15.5. The van der Waals surface area contributed by atoms with Crippen LogP contribution in [0, 0.1) is 17.7 Å². The third-order valence-electron chi connectivity index (χ3n) is 8.68. The molecule has 1 saturated carbocycles. The summed E-state index contributed by atoms with van der Waals surface area (Å²) in [5.41, 5.74) is 1.48. The Bertz CT molecular complexity index is 1360. The van der Waals surface area contributed by atoms with Crippen LogP contribution < -0.4 is 5.32 Å². The maximum Gasteiger partial charge on any atom is 0.410 e. The van der Waals surface area contributed by atoms with Crippen molar-refractivity contribution in [1.82, 2.24) is 20.1 Å². The fourth-order valence-corrected chi connectivity index (χ4v) is 6.02. The van der Waals surface area contributed by atoms with Crippen molar-refractivity contribution in [2.24, 2.45) is 11.8 Å². The van der Waals surface area contributed by atoms with Gasteiger partial charge in [0.2, 0.25) is 11.8 Å². The molecule has 4 rings (SSSR count). The number of carbonyl (C=O) groups is 4. The molecular weight excluding hydrogens is 567 g/mol. The second-order valence-corrected chi connectivity index (χ2v) is 12.3. The summed E-state index contributed by atoms with van der Waals surface area (Å²) >= 11 is 0. The molecule has 10 nitrogen and oxygen atoms in total. The van der Waals surface area contributed by atoms with E-state index in [4.69, 9.17) is 4.74 Å². The molecule has 0 bridgehead atoms. The molecule has 2 N–H and O–H groups in total. The Morgan fingerprint density at radius 1 is 1.05 bits per heavy atom. The minimum absolute atomic E-state index is 0.0232. The molecule has 1 aromatic carbocycles. The van der Waals surface area contributed by atoms with Crippen LogP contribution in [0.2, 0.25) is 0 Å². The summed E-state index contributed by atoms with van der Waals surface area (Å²) in [6.07, 6.45) is 8.84. The largest absolute Gasteiger partial charge is 0.478 e. The molecule has 44 heavy (non-hydrogen) atoms. The van der Waals surface area contributed by atoms with Crippen molar-refractivity contribution in [3.05, 3.63) is 53.6 Å². The number of hydrogen-bond acceptors (Lipinski definition) is 6. The zero-order valence-electron chi connectivity index (χ0n) is 25.9. The van der Waals surface area contributed by atoms with E-state index in [2.05, 4.69) is 10.3 Å². The molecule has 1 aliphatic heterocycles. The molecular formula is C33H43FN4O6. The number of carboxylic acid groups (broad SMARTS) is 1. The number of likely N-dealkylation sites (tertiary alicyclic amines) is 1. The number of nitrogens with zero attached hydrogens (tertiary/aromatic N) is 3. The molecule has 3 amide bonds. The lowest BCUT2D eigenvalue weighted by Crippen LogP contribution is -2.56. The Hall–Kier alpha value is -4.02. The molecule has 1 saturated heterocycles. The maximum absolute atomic E-state index is 14.3. The van der Waals surface area contributed by atoms with Crippen LogP contribution >= 0.6 is 0 Å². The van der Waals surface area contributed by atoms with Gasteiger partial charge in [-0.25, -0.2) is 14.0 Å². The first-order valence-electron chi connectivity index (χ1n) is 15.5. The molecule has 3 atom stereocenters. The molecule has 238 valence electrons. The predicted octanol–water partition coefficient (Wildman–Crippen LogP) is 5.43. The van der Waals surface area contributed by atoms with Crippen LogP contribution in [-0.4, -0.2) is 76.1 Å². The average molecular weight is 611 g/mol. The first kappa shape index (κ1) is 32.9. The van der Waals surface area contributed by atoms with Gasteiger partial charge in [-0.2, -0.15) is 0 Å². The molecule has 0 spiro atoms. The van der Waals surface area contributed by atoms with Crippen molar-refractivity contribution < 1.29 is 33.4 Å². The summed E-state index contributed by atoms with van der Waals surface area (Å²) in [6.45, 7) is 6.24. The molecule has 11 heteroatoms. The van der Waals surface area contributed by atoms with E-state index in [1.54, 1.807) is 24.2 Å². The van der Waals surface area contributed by atoms with Gasteiger partial charge >= 0.3 is 12.1 Å². The van der Waals surface area contributed by atoms with Crippen molar-refractivity contribution in [1.29, 1.82) is 0 Å². The second-order valence-electron chi connectivity index (χ2n) is 12.3. The quantitative estimate of drug-likeness (QED) is 0.367. The Labute approximate surface area is 258 Å². The Kier molecular flexibility index (Phi) is 10.9. The summed E-state index contributed by atoms with van der Waals surface area (Å²) in [5, 5.41) is 12.4. The van der Waals surface area contributed by atoms with Crippen molar-refractivity contribution in [3.63, 3.8) is 0 Å². The molecule has 2 heterocycles. The van der Waals surface area contributed by atoms with Gasteiger partial charge in [-0.15, -0.1) is 0 Å². The highest BCUT2D eigenvalue weighted by Crippen LogP contribution is 2.36. The van der Waals surface area contributed by atoms with Crippen LogP contribution in [0.1, 0.15) is 87.7 Å². The van der Waals surface area contributed by atoms with E-state index in [0.29, 0.717) is 24.1 Å². The Morgan fingerprint density at radius 3 is 2.45 bits per heavy atom. The number of aromatic carboxylic acids is 1. The standard InChI is InChI=1S/C33H43FN4O6/c1-20(2)19-44-33(43)37(4)21(3)30(39)36-29(22-9-6-5-7-10-22)31(40)38-14-8-11-28(38)25-15-24(17-35-18-25)23-12-13-27(34)26(16-23)32(41)42/h12-13,15-18,20-22,28-29H,5-11,14,19H2,1-4H3,(H,36,39)(H,41,42)/t21-,28-,29-/m0/s1. The molecule has 2 aliphatic rings. The van der Waals surface area contributed by atoms with Gasteiger partial charge in [0.25, 0.3) is 0 Å². The van der Waals surface area contributed by atoms with Crippen molar-refractivity contribution in [3.8, 4) is 11.1 Å². The summed E-state index contributed by atoms with van der Waals surface area (Å²) in [4.78, 5) is 59.1. The number of carboxylic acids is 1. The van der Waals surface area contributed by atoms with Crippen LogP contribution in [0.25, 0.3) is 11.1 Å². The zero-order valence-corrected chi connectivity index (χ0v) is 25.9. The minimum atomic E-state index is -1.36. The molecule has 1 aliphatic carbocycles. The van der Waals surface area contributed by atoms with Crippen LogP contribution in [0.3, 0.4) is 0 Å². The van der Waals surface area contributed by atoms with E-state index in [-0.39, 0.29) is 30.4 Å². The highest BCUT2D eigenvalue weighted by atomic mass is 19.1. The van der Waals surface area contributed by atoms with Gasteiger partial charge in [0.15, 0.2) is 0 Å². The number of benzene rings is 1. The average Bonchev–Trinajstić information content (AvgIpc) is 3.52. The lowest BCUT2D eigenvalue weighted by atomic mass is 9.83. The Morgan fingerprint density at radius 2 is 1.77 bits per heavy atom. The maximum atomic E-state index is 14.3. The number of amides is 3. The fourth-order valence-electron chi connectivity index (χ4n) is 6.02. The number of aromatic nitrogens is 1. The highest BCUT2D eigenvalue weighted by Gasteiger charge is 2.40. The number of nitrogens with one attached hydrogen (secondary N) is 1. The van der Waals surface area contributed by atoms with Crippen molar-refractivity contribution in [2.45, 2.75) is 83.8 Å². The summed E-state index contributed by atoms with van der Waals surface area (Å²) in [6, 6.07) is 3.90. The summed E-state index contributed by atoms with van der Waals surface area (Å²) < 4.78 is 19.3. The van der Waals surface area contributed by atoms with Crippen molar-refractivity contribution in [2.75, 3.05) is 20.2 Å². The van der Waals surface area contributed by atoms with Gasteiger partial charge in [0, 0.05) is 31.5 Å². The molecule has 0 unspecified atom stereocenters. The van der Waals surface area contributed by atoms with E-state index >= 15 is 0 Å². The van der Waals surface area contributed by atoms with Gasteiger partial charge < -0.3 is 20.1 Å². The number of pyridine rings is 1. The number of likely N-dealkylation sites (N-methyl/N-ethyl adjacent to an activating group) is 1. The number of rotatable bonds is 10. The van der Waals surface area contributed by atoms with Crippen molar-refractivity contribution >= 4 is 23.9 Å². The van der Waals surface area contributed by atoms with Gasteiger partial charge in [-0.3, -0.25) is 19.5 Å². The molecule has 0 radical (unpaired) electrons. The van der Waals surface area contributed by atoms with E-state index in [9.17, 15) is 28.7 Å². The van der Waals surface area contributed by atoms with Crippen LogP contribution in [-0.2, 0) is 14.3 Å². The zero-order chi connectivity index (χ0) is 32.0. The van der Waals surface area contributed by atoms with Crippen LogP contribution in [0.5, 0.6) is 0 Å². The Balaban J connectivity index is 1.55. The lowest BCUT2D eigenvalue weighted by Gasteiger charge is -2.36. The number of carbonyl (C=O) groups excluding carboxylic acids is 3. The second kappa shape index (κ2) is 14.6. The van der Waals surface area contributed by atoms with E-state index in [1.807, 2.05) is 19.9 Å². The first-order chi connectivity index (χ1) is 21.0. The minimum Gasteiger partial charge on any atom is -0.478 e. The molecule has 2 fully saturated rings. The predicted molar refractivity (Wildman–Crippen MR) is 162 cm³/mol. The molecule has 2 aromatic rings. The smallest absolute Gasteiger partial charge is 0.410 e. The number of ether oxygens (including phenoxy) is 1. The van der Waals surface area contributed by atoms with Gasteiger partial charge in [-0.05, 0) is 73.8 Å². The monoisotopic (exact) mass is 610 g/mol. The van der Waals surface area contributed by atoms with Gasteiger partial charge in [0.1, 0.15) is 17.9 Å². The topological polar surface area (TPSA) is 129 Å². The number of halogens is 1. The van der Waals surface area contributed by atoms with E-state index in [1.165, 1.54) is 24.1 Å². The highest BCUT2D eigenvalue weighted by molar-refractivity contribution is 5.92. The third kappa shape index (κ3) is 7.73. The van der Waals surface area contributed by atoms with Gasteiger partial charge in [0.05, 0.1) is 18.2 Å². The van der Waals surface area contributed by atoms with Gasteiger partial charge in [-0.1, -0.05) is 39.2 Å².